The number of amides is 2. The van der Waals surface area contributed by atoms with Crippen molar-refractivity contribution in [1.82, 2.24) is 10.2 Å². The van der Waals surface area contributed by atoms with Crippen LogP contribution in [0.25, 0.3) is 0 Å². The van der Waals surface area contributed by atoms with Crippen LogP contribution >= 0.6 is 0 Å². The van der Waals surface area contributed by atoms with E-state index in [4.69, 9.17) is 5.11 Å². The van der Waals surface area contributed by atoms with Crippen LogP contribution in [0.1, 0.15) is 52.4 Å². The van der Waals surface area contributed by atoms with Gasteiger partial charge in [0.05, 0.1) is 0 Å². The Hall–Kier alpha value is -1.26. The maximum Gasteiger partial charge on any atom is 0.329 e. The van der Waals surface area contributed by atoms with Crippen molar-refractivity contribution in [3.8, 4) is 0 Å². The molecule has 0 saturated heterocycles. The third-order valence-electron chi connectivity index (χ3n) is 4.17. The lowest BCUT2D eigenvalue weighted by atomic mass is 9.89. The number of hydrogen-bond acceptors (Lipinski definition) is 2. The summed E-state index contributed by atoms with van der Waals surface area (Å²) in [6, 6.07) is -0.294. The highest BCUT2D eigenvalue weighted by Gasteiger charge is 2.34. The first-order valence-electron chi connectivity index (χ1n) is 7.15. The van der Waals surface area contributed by atoms with Crippen LogP contribution in [-0.2, 0) is 4.79 Å². The Morgan fingerprint density at radius 3 is 2.37 bits per heavy atom. The largest absolute Gasteiger partial charge is 0.480 e. The Bertz CT molecular complexity index is 327. The van der Waals surface area contributed by atoms with Crippen molar-refractivity contribution in [2.24, 2.45) is 5.92 Å². The second-order valence-corrected chi connectivity index (χ2v) is 5.81. The van der Waals surface area contributed by atoms with E-state index in [1.807, 2.05) is 0 Å². The maximum atomic E-state index is 12.0. The Morgan fingerprint density at radius 2 is 1.89 bits per heavy atom. The summed E-state index contributed by atoms with van der Waals surface area (Å²) in [5.41, 5.74) is -1.18. The van der Waals surface area contributed by atoms with Gasteiger partial charge in [-0.25, -0.2) is 9.59 Å². The SMILES string of the molecule is CCC(C)(NC(=O)N(C)CC1CCCCC1)C(=O)O. The molecule has 110 valence electrons. The summed E-state index contributed by atoms with van der Waals surface area (Å²) >= 11 is 0. The molecule has 1 fully saturated rings. The zero-order chi connectivity index (χ0) is 14.5. The van der Waals surface area contributed by atoms with Gasteiger partial charge in [0.25, 0.3) is 0 Å². The number of carboxylic acid groups (broad SMARTS) is 1. The fourth-order valence-corrected chi connectivity index (χ4v) is 2.46. The number of urea groups is 1. The van der Waals surface area contributed by atoms with Crippen molar-refractivity contribution in [1.29, 1.82) is 0 Å². The molecule has 0 aliphatic heterocycles. The molecular weight excluding hydrogens is 244 g/mol. The lowest BCUT2D eigenvalue weighted by Crippen LogP contribution is -2.55. The quantitative estimate of drug-likeness (QED) is 0.806. The van der Waals surface area contributed by atoms with Crippen molar-refractivity contribution in [2.75, 3.05) is 13.6 Å². The van der Waals surface area contributed by atoms with Gasteiger partial charge in [0, 0.05) is 13.6 Å². The van der Waals surface area contributed by atoms with Gasteiger partial charge in [-0.2, -0.15) is 0 Å². The molecule has 1 aliphatic rings. The molecule has 0 aromatic rings. The number of rotatable bonds is 5. The summed E-state index contributed by atoms with van der Waals surface area (Å²) in [7, 11) is 1.74. The molecule has 0 aromatic carbocycles. The Kier molecular flexibility index (Phi) is 5.63. The van der Waals surface area contributed by atoms with Gasteiger partial charge in [-0.15, -0.1) is 0 Å². The highest BCUT2D eigenvalue weighted by atomic mass is 16.4. The average molecular weight is 270 g/mol. The van der Waals surface area contributed by atoms with Crippen LogP contribution in [0.15, 0.2) is 0 Å². The molecule has 5 nitrogen and oxygen atoms in total. The highest BCUT2D eigenvalue weighted by molar-refractivity contribution is 5.85. The number of carbonyl (C=O) groups is 2. The summed E-state index contributed by atoms with van der Waals surface area (Å²) in [5.74, 6) is -0.434. The van der Waals surface area contributed by atoms with Crippen LogP contribution in [0.2, 0.25) is 0 Å². The molecule has 1 atom stereocenters. The smallest absolute Gasteiger partial charge is 0.329 e. The number of hydrogen-bond donors (Lipinski definition) is 2. The van der Waals surface area contributed by atoms with Gasteiger partial charge < -0.3 is 15.3 Å². The summed E-state index contributed by atoms with van der Waals surface area (Å²) in [5, 5.41) is 11.8. The third kappa shape index (κ3) is 4.40. The van der Waals surface area contributed by atoms with Crippen LogP contribution < -0.4 is 5.32 Å². The monoisotopic (exact) mass is 270 g/mol. The van der Waals surface area contributed by atoms with Crippen LogP contribution in [0.5, 0.6) is 0 Å². The molecule has 1 unspecified atom stereocenters. The van der Waals surface area contributed by atoms with Gasteiger partial charge in [0.1, 0.15) is 5.54 Å². The molecule has 0 radical (unpaired) electrons. The standard InChI is InChI=1S/C14H26N2O3/c1-4-14(2,12(17)18)15-13(19)16(3)10-11-8-6-5-7-9-11/h11H,4-10H2,1-3H3,(H,15,19)(H,17,18). The topological polar surface area (TPSA) is 69.6 Å². The van der Waals surface area contributed by atoms with Crippen molar-refractivity contribution in [2.45, 2.75) is 57.9 Å². The second kappa shape index (κ2) is 6.78. The Morgan fingerprint density at radius 1 is 1.32 bits per heavy atom. The fourth-order valence-electron chi connectivity index (χ4n) is 2.46. The molecule has 0 heterocycles. The molecule has 2 N–H and O–H groups in total. The normalized spacial score (nSPS) is 19.5. The average Bonchev–Trinajstić information content (AvgIpc) is 2.39. The van der Waals surface area contributed by atoms with Gasteiger partial charge >= 0.3 is 12.0 Å². The zero-order valence-corrected chi connectivity index (χ0v) is 12.2. The lowest BCUT2D eigenvalue weighted by Gasteiger charge is -2.31. The minimum Gasteiger partial charge on any atom is -0.480 e. The number of aliphatic carboxylic acids is 1. The number of nitrogens with zero attached hydrogens (tertiary/aromatic N) is 1. The van der Waals surface area contributed by atoms with Crippen LogP contribution in [0.3, 0.4) is 0 Å². The van der Waals surface area contributed by atoms with E-state index >= 15 is 0 Å². The molecule has 19 heavy (non-hydrogen) atoms. The lowest BCUT2D eigenvalue weighted by molar-refractivity contribution is -0.143. The predicted molar refractivity (Wildman–Crippen MR) is 74.1 cm³/mol. The summed E-state index contributed by atoms with van der Waals surface area (Å²) in [4.78, 5) is 24.8. The van der Waals surface area contributed by atoms with E-state index < -0.39 is 11.5 Å². The molecule has 1 rings (SSSR count). The molecule has 5 heteroatoms. The second-order valence-electron chi connectivity index (χ2n) is 5.81. The maximum absolute atomic E-state index is 12.0. The molecular formula is C14H26N2O3. The van der Waals surface area contributed by atoms with Crippen LogP contribution in [0.4, 0.5) is 4.79 Å². The Labute approximate surface area is 115 Å². The first-order valence-corrected chi connectivity index (χ1v) is 7.15. The van der Waals surface area contributed by atoms with E-state index in [2.05, 4.69) is 5.32 Å². The van der Waals surface area contributed by atoms with Crippen molar-refractivity contribution < 1.29 is 14.7 Å². The first-order chi connectivity index (χ1) is 8.89. The van der Waals surface area contributed by atoms with Crippen LogP contribution in [-0.4, -0.2) is 41.1 Å². The molecule has 0 aromatic heterocycles. The van der Waals surface area contributed by atoms with E-state index in [1.54, 1.807) is 25.8 Å². The predicted octanol–water partition coefficient (Wildman–Crippen LogP) is 2.46. The van der Waals surface area contributed by atoms with E-state index in [9.17, 15) is 9.59 Å². The molecule has 2 amide bonds. The fraction of sp³-hybridized carbons (Fsp3) is 0.857. The van der Waals surface area contributed by atoms with Gasteiger partial charge in [-0.05, 0) is 32.1 Å². The summed E-state index contributed by atoms with van der Waals surface area (Å²) in [6.07, 6.45) is 6.47. The van der Waals surface area contributed by atoms with E-state index in [0.29, 0.717) is 18.9 Å². The van der Waals surface area contributed by atoms with Gasteiger partial charge in [0.2, 0.25) is 0 Å². The number of carbonyl (C=O) groups excluding carboxylic acids is 1. The number of carboxylic acids is 1. The van der Waals surface area contributed by atoms with Crippen molar-refractivity contribution >= 4 is 12.0 Å². The summed E-state index contributed by atoms with van der Waals surface area (Å²) < 4.78 is 0. The highest BCUT2D eigenvalue weighted by Crippen LogP contribution is 2.24. The van der Waals surface area contributed by atoms with Crippen LogP contribution in [0, 0.1) is 5.92 Å². The van der Waals surface area contributed by atoms with Crippen molar-refractivity contribution in [3.05, 3.63) is 0 Å². The molecule has 1 saturated carbocycles. The number of nitrogens with one attached hydrogen (secondary N) is 1. The minimum atomic E-state index is -1.18. The molecule has 0 spiro atoms. The van der Waals surface area contributed by atoms with Gasteiger partial charge in [-0.3, -0.25) is 0 Å². The molecule has 0 bridgehead atoms. The minimum absolute atomic E-state index is 0.294. The van der Waals surface area contributed by atoms with E-state index in [0.717, 1.165) is 0 Å². The third-order valence-corrected chi connectivity index (χ3v) is 4.17. The zero-order valence-electron chi connectivity index (χ0n) is 12.2. The van der Waals surface area contributed by atoms with Gasteiger partial charge in [0.15, 0.2) is 0 Å². The molecule has 1 aliphatic carbocycles. The first kappa shape index (κ1) is 15.8. The van der Waals surface area contributed by atoms with E-state index in [1.165, 1.54) is 32.1 Å². The van der Waals surface area contributed by atoms with E-state index in [-0.39, 0.29) is 6.03 Å². The Balaban J connectivity index is 2.49. The summed E-state index contributed by atoms with van der Waals surface area (Å²) in [6.45, 7) is 4.02. The van der Waals surface area contributed by atoms with Gasteiger partial charge in [-0.1, -0.05) is 26.2 Å². The van der Waals surface area contributed by atoms with Crippen molar-refractivity contribution in [3.63, 3.8) is 0 Å².